The van der Waals surface area contributed by atoms with E-state index in [-0.39, 0.29) is 12.2 Å². The molecule has 0 saturated carbocycles. The number of carbonyl (C=O) groups excluding carboxylic acids is 3. The summed E-state index contributed by atoms with van der Waals surface area (Å²) in [6, 6.07) is 10.8. The van der Waals surface area contributed by atoms with Crippen molar-refractivity contribution < 1.29 is 23.5 Å². The molecule has 0 bridgehead atoms. The van der Waals surface area contributed by atoms with Gasteiger partial charge in [-0.3, -0.25) is 14.5 Å². The van der Waals surface area contributed by atoms with Crippen molar-refractivity contribution in [1.29, 1.82) is 0 Å². The van der Waals surface area contributed by atoms with Crippen molar-refractivity contribution in [2.45, 2.75) is 32.7 Å². The van der Waals surface area contributed by atoms with Crippen LogP contribution < -0.4 is 15.3 Å². The third kappa shape index (κ3) is 3.15. The highest BCUT2D eigenvalue weighted by Gasteiger charge is 2.46. The van der Waals surface area contributed by atoms with Crippen molar-refractivity contribution in [2.24, 2.45) is 0 Å². The Morgan fingerprint density at radius 1 is 0.969 bits per heavy atom. The van der Waals surface area contributed by atoms with Crippen LogP contribution >= 0.6 is 0 Å². The first-order valence-corrected chi connectivity index (χ1v) is 10.5. The van der Waals surface area contributed by atoms with Gasteiger partial charge in [-0.1, -0.05) is 12.1 Å². The lowest BCUT2D eigenvalue weighted by Crippen LogP contribution is -2.33. The summed E-state index contributed by atoms with van der Waals surface area (Å²) in [4.78, 5) is 52.5. The van der Waals surface area contributed by atoms with Gasteiger partial charge in [-0.15, -0.1) is 0 Å². The number of nitrogens with zero attached hydrogens (tertiary/aromatic N) is 2. The number of benzene rings is 2. The average Bonchev–Trinajstić information content (AvgIpc) is 3.31. The number of fused-ring (bicyclic) bond motifs is 2. The summed E-state index contributed by atoms with van der Waals surface area (Å²) in [6.45, 7) is 1.91. The van der Waals surface area contributed by atoms with E-state index in [1.807, 2.05) is 12.1 Å². The lowest BCUT2D eigenvalue weighted by Gasteiger charge is -2.18. The molecular formula is C24H20N2O6. The maximum absolute atomic E-state index is 13.1. The van der Waals surface area contributed by atoms with Gasteiger partial charge in [0.05, 0.1) is 18.8 Å². The van der Waals surface area contributed by atoms with Gasteiger partial charge in [0.15, 0.2) is 0 Å². The Balaban J connectivity index is 1.54. The van der Waals surface area contributed by atoms with Gasteiger partial charge in [-0.25, -0.2) is 14.5 Å². The number of aryl methyl sites for hydroxylation is 2. The molecule has 1 aromatic heterocycles. The largest absolute Gasteiger partial charge is 0.492 e. The van der Waals surface area contributed by atoms with E-state index in [0.29, 0.717) is 28.9 Å². The van der Waals surface area contributed by atoms with E-state index in [1.54, 1.807) is 31.2 Å². The van der Waals surface area contributed by atoms with E-state index in [2.05, 4.69) is 0 Å². The number of imide groups is 2. The molecular weight excluding hydrogens is 412 g/mol. The summed E-state index contributed by atoms with van der Waals surface area (Å²) >= 11 is 0. The van der Waals surface area contributed by atoms with Crippen molar-refractivity contribution in [3.8, 4) is 5.75 Å². The summed E-state index contributed by atoms with van der Waals surface area (Å²) < 4.78 is 10.9. The van der Waals surface area contributed by atoms with Gasteiger partial charge < -0.3 is 9.15 Å². The van der Waals surface area contributed by atoms with Crippen molar-refractivity contribution in [3.05, 3.63) is 69.6 Å². The summed E-state index contributed by atoms with van der Waals surface area (Å²) in [5, 5.41) is 0.659. The fraction of sp³-hybridized carbons (Fsp3) is 0.250. The first-order chi connectivity index (χ1) is 15.5. The molecule has 8 heteroatoms. The maximum atomic E-state index is 13.1. The molecule has 3 aromatic rings. The summed E-state index contributed by atoms with van der Waals surface area (Å²) in [6.07, 6.45) is 2.87. The molecule has 1 saturated heterocycles. The van der Waals surface area contributed by atoms with E-state index in [1.165, 1.54) is 6.07 Å². The van der Waals surface area contributed by atoms with Crippen LogP contribution in [0.4, 0.5) is 10.5 Å². The zero-order chi connectivity index (χ0) is 22.4. The van der Waals surface area contributed by atoms with E-state index >= 15 is 0 Å². The number of anilines is 1. The standard InChI is InChI=1S/C24H20N2O6/c1-2-31-19-9-4-3-8-18(19)26-23(29)22(28)25(24(26)30)13-16-12-21(27)32-20-11-15-7-5-6-14(15)10-17(16)20/h3-4,8-12H,2,5-7,13H2,1H3. The van der Waals surface area contributed by atoms with Gasteiger partial charge in [0.25, 0.3) is 0 Å². The second-order valence-electron chi connectivity index (χ2n) is 7.78. The lowest BCUT2D eigenvalue weighted by molar-refractivity contribution is -0.139. The zero-order valence-electron chi connectivity index (χ0n) is 17.4. The first-order valence-electron chi connectivity index (χ1n) is 10.5. The molecule has 1 aliphatic heterocycles. The predicted molar refractivity (Wildman–Crippen MR) is 116 cm³/mol. The highest BCUT2D eigenvalue weighted by Crippen LogP contribution is 2.33. The van der Waals surface area contributed by atoms with Gasteiger partial charge in [0.2, 0.25) is 0 Å². The number of amides is 4. The zero-order valence-corrected chi connectivity index (χ0v) is 17.4. The van der Waals surface area contributed by atoms with Crippen LogP contribution in [0.5, 0.6) is 5.75 Å². The van der Waals surface area contributed by atoms with E-state index in [9.17, 15) is 19.2 Å². The minimum Gasteiger partial charge on any atom is -0.492 e. The van der Waals surface area contributed by atoms with Crippen molar-refractivity contribution in [3.63, 3.8) is 0 Å². The van der Waals surface area contributed by atoms with Crippen molar-refractivity contribution in [1.82, 2.24) is 4.90 Å². The first kappa shape index (κ1) is 20.0. The predicted octanol–water partition coefficient (Wildman–Crippen LogP) is 3.18. The van der Waals surface area contributed by atoms with Crippen LogP contribution in [0, 0.1) is 0 Å². The number of rotatable bonds is 5. The van der Waals surface area contributed by atoms with Crippen LogP contribution in [0.25, 0.3) is 11.0 Å². The Hall–Kier alpha value is -3.94. The SMILES string of the molecule is CCOc1ccccc1N1C(=O)C(=O)N(Cc2cc(=O)oc3cc4c(cc23)CCC4)C1=O. The Morgan fingerprint density at radius 2 is 1.72 bits per heavy atom. The molecule has 0 atom stereocenters. The average molecular weight is 432 g/mol. The molecule has 2 aliphatic rings. The fourth-order valence-corrected chi connectivity index (χ4v) is 4.37. The number of para-hydroxylation sites is 2. The number of hydrogen-bond donors (Lipinski definition) is 0. The summed E-state index contributed by atoms with van der Waals surface area (Å²) in [5.41, 5.74) is 2.80. The third-order valence-corrected chi connectivity index (χ3v) is 5.83. The second-order valence-corrected chi connectivity index (χ2v) is 7.78. The molecule has 162 valence electrons. The fourth-order valence-electron chi connectivity index (χ4n) is 4.37. The van der Waals surface area contributed by atoms with E-state index in [0.717, 1.165) is 40.2 Å². The Morgan fingerprint density at radius 3 is 2.50 bits per heavy atom. The maximum Gasteiger partial charge on any atom is 0.339 e. The molecule has 0 radical (unpaired) electrons. The minimum atomic E-state index is -0.963. The van der Waals surface area contributed by atoms with Crippen molar-refractivity contribution >= 4 is 34.5 Å². The van der Waals surface area contributed by atoms with Crippen molar-refractivity contribution in [2.75, 3.05) is 11.5 Å². The van der Waals surface area contributed by atoms with Crippen LogP contribution in [0.3, 0.4) is 0 Å². The van der Waals surface area contributed by atoms with Crippen LogP contribution in [-0.4, -0.2) is 29.4 Å². The molecule has 32 heavy (non-hydrogen) atoms. The molecule has 8 nitrogen and oxygen atoms in total. The number of urea groups is 1. The van der Waals surface area contributed by atoms with Crippen LogP contribution in [0.2, 0.25) is 0 Å². The molecule has 5 rings (SSSR count). The molecule has 0 N–H and O–H groups in total. The Kier molecular flexibility index (Phi) is 4.77. The highest BCUT2D eigenvalue weighted by molar-refractivity contribution is 6.53. The van der Waals surface area contributed by atoms with Gasteiger partial charge in [0.1, 0.15) is 11.3 Å². The molecule has 0 unspecified atom stereocenters. The van der Waals surface area contributed by atoms with E-state index < -0.39 is 23.5 Å². The van der Waals surface area contributed by atoms with Crippen LogP contribution in [0.15, 0.2) is 51.7 Å². The smallest absolute Gasteiger partial charge is 0.339 e. The van der Waals surface area contributed by atoms with Gasteiger partial charge >= 0.3 is 23.5 Å². The van der Waals surface area contributed by atoms with E-state index in [4.69, 9.17) is 9.15 Å². The van der Waals surface area contributed by atoms with Crippen LogP contribution in [0.1, 0.15) is 30.0 Å². The lowest BCUT2D eigenvalue weighted by atomic mass is 10.0. The quantitative estimate of drug-likeness (QED) is 0.349. The number of hydrogen-bond acceptors (Lipinski definition) is 6. The molecule has 4 amide bonds. The monoisotopic (exact) mass is 432 g/mol. The Bertz CT molecular complexity index is 1340. The molecule has 1 aliphatic carbocycles. The van der Waals surface area contributed by atoms with Crippen LogP contribution in [-0.2, 0) is 29.0 Å². The molecule has 1 fully saturated rings. The number of carbonyl (C=O) groups is 3. The van der Waals surface area contributed by atoms with Gasteiger partial charge in [0, 0.05) is 11.5 Å². The second kappa shape index (κ2) is 7.64. The normalized spacial score (nSPS) is 15.7. The summed E-state index contributed by atoms with van der Waals surface area (Å²) in [7, 11) is 0. The molecule has 2 aromatic carbocycles. The van der Waals surface area contributed by atoms with Gasteiger partial charge in [-0.2, -0.15) is 0 Å². The number of ether oxygens (including phenoxy) is 1. The highest BCUT2D eigenvalue weighted by atomic mass is 16.5. The van der Waals surface area contributed by atoms with Gasteiger partial charge in [-0.05, 0) is 67.1 Å². The summed E-state index contributed by atoms with van der Waals surface area (Å²) in [5.74, 6) is -1.59. The molecule has 0 spiro atoms. The third-order valence-electron chi connectivity index (χ3n) is 5.83. The Labute approximate surface area is 183 Å². The topological polar surface area (TPSA) is 97.1 Å². The minimum absolute atomic E-state index is 0.204. The molecule has 2 heterocycles.